The summed E-state index contributed by atoms with van der Waals surface area (Å²) in [5.41, 5.74) is 0. The maximum Gasteiger partial charge on any atom is 2.00 e. The Morgan fingerprint density at radius 1 is 1.29 bits per heavy atom. The molecule has 0 heterocycles. The first kappa shape index (κ1) is 23.7. The van der Waals surface area contributed by atoms with E-state index in [4.69, 9.17) is 15.3 Å². The third kappa shape index (κ3) is 108. The van der Waals surface area contributed by atoms with E-state index in [2.05, 4.69) is 0 Å². The van der Waals surface area contributed by atoms with Crippen LogP contribution < -0.4 is 29.6 Å². The van der Waals surface area contributed by atoms with Gasteiger partial charge in [-0.05, 0) is 0 Å². The maximum absolute atomic E-state index is 8.25. The number of hydrogen-bond acceptors (Lipinski definition) is 4. The molecule has 0 amide bonds. The van der Waals surface area contributed by atoms with Gasteiger partial charge in [0.2, 0.25) is 0 Å². The summed E-state index contributed by atoms with van der Waals surface area (Å²) < 4.78 is 0. The van der Waals surface area contributed by atoms with Crippen molar-refractivity contribution in [2.45, 2.75) is 0 Å². The fourth-order valence-electron chi connectivity index (χ4n) is 0. The van der Waals surface area contributed by atoms with Crippen LogP contribution in [0.4, 0.5) is 0 Å². The van der Waals surface area contributed by atoms with Crippen LogP contribution in [0.3, 0.4) is 0 Å². The van der Waals surface area contributed by atoms with Crippen LogP contribution >= 0.6 is 0 Å². The van der Waals surface area contributed by atoms with Crippen LogP contribution in [0.1, 0.15) is 0 Å². The fourth-order valence-corrected chi connectivity index (χ4v) is 0. The summed E-state index contributed by atoms with van der Waals surface area (Å²) >= 11 is 0. The van der Waals surface area contributed by atoms with Crippen molar-refractivity contribution in [2.75, 3.05) is 0 Å². The van der Waals surface area contributed by atoms with Gasteiger partial charge in [-0.25, -0.2) is 0 Å². The molecule has 0 saturated heterocycles. The smallest absolute Gasteiger partial charge is 0.870 e. The average Bonchev–Trinajstić information content (AvgIpc) is 0.811. The van der Waals surface area contributed by atoms with Gasteiger partial charge in [-0.2, -0.15) is 0 Å². The first-order valence-electron chi connectivity index (χ1n) is 0.548. The third-order valence-corrected chi connectivity index (χ3v) is 0. The largest absolute Gasteiger partial charge is 2.00 e. The quantitative estimate of drug-likeness (QED) is 0.197. The Morgan fingerprint density at radius 3 is 1.29 bits per heavy atom. The van der Waals surface area contributed by atoms with E-state index in [1.807, 2.05) is 0 Å². The van der Waals surface area contributed by atoms with Gasteiger partial charge in [0.25, 0.3) is 0 Å². The van der Waals surface area contributed by atoms with Crippen LogP contribution in [-0.2, 0) is 0 Å². The molecular weight excluding hydrogens is 141 g/mol. The second kappa shape index (κ2) is 15.7. The molecule has 7 heavy (non-hydrogen) atoms. The van der Waals surface area contributed by atoms with E-state index in [9.17, 15) is 0 Å². The molecule has 0 rings (SSSR count). The van der Waals surface area contributed by atoms with Crippen molar-refractivity contribution >= 4 is 37.7 Å². The second-order valence-corrected chi connectivity index (χ2v) is 0.224. The summed E-state index contributed by atoms with van der Waals surface area (Å²) in [5, 5.41) is 14.8. The predicted octanol–water partition coefficient (Wildman–Crippen LogP) is -3.79. The molecule has 0 bridgehead atoms. The molecule has 0 aliphatic rings. The molecular formula is HCaNNaO4+. The molecule has 0 atom stereocenters. The summed E-state index contributed by atoms with van der Waals surface area (Å²) in [6, 6.07) is 0. The Hall–Kier alpha value is 1.42. The van der Waals surface area contributed by atoms with E-state index in [0.717, 1.165) is 0 Å². The maximum atomic E-state index is 8.25. The van der Waals surface area contributed by atoms with Gasteiger partial charge in [0, 0.05) is 0 Å². The molecule has 0 aromatic carbocycles. The summed E-state index contributed by atoms with van der Waals surface area (Å²) in [6.45, 7) is 0. The molecule has 0 aliphatic carbocycles. The molecule has 0 saturated carbocycles. The molecule has 0 radical (unpaired) electrons. The van der Waals surface area contributed by atoms with Crippen molar-refractivity contribution in [1.29, 1.82) is 0 Å². The van der Waals surface area contributed by atoms with Crippen LogP contribution in [-0.4, -0.2) is 48.3 Å². The molecule has 0 aromatic heterocycles. The molecule has 32 valence electrons. The normalized spacial score (nSPS) is 3.43. The Balaban J connectivity index is -0.0000000150. The SMILES string of the molecule is O=[N+]([O-])[O-].[Ca+2].[Na+].[OH-]. The first-order chi connectivity index (χ1) is 1.73. The van der Waals surface area contributed by atoms with Gasteiger partial charge in [0.05, 0.1) is 5.09 Å². The van der Waals surface area contributed by atoms with E-state index in [1.54, 1.807) is 0 Å². The van der Waals surface area contributed by atoms with Crippen LogP contribution in [0.2, 0.25) is 0 Å². The van der Waals surface area contributed by atoms with Crippen LogP contribution in [0.15, 0.2) is 0 Å². The van der Waals surface area contributed by atoms with E-state index in [0.29, 0.717) is 0 Å². The van der Waals surface area contributed by atoms with Crippen molar-refractivity contribution < 1.29 is 40.1 Å². The van der Waals surface area contributed by atoms with Crippen molar-refractivity contribution in [3.05, 3.63) is 15.3 Å². The molecule has 1 N–H and O–H groups in total. The molecule has 0 aromatic rings. The summed E-state index contributed by atoms with van der Waals surface area (Å²) in [7, 11) is 0. The zero-order valence-corrected chi connectivity index (χ0v) is 8.03. The Kier molecular flexibility index (Phi) is 53.1. The van der Waals surface area contributed by atoms with Crippen LogP contribution in [0.25, 0.3) is 0 Å². The van der Waals surface area contributed by atoms with Crippen molar-refractivity contribution in [3.8, 4) is 0 Å². The van der Waals surface area contributed by atoms with Crippen molar-refractivity contribution in [2.24, 2.45) is 0 Å². The Morgan fingerprint density at radius 2 is 1.29 bits per heavy atom. The molecule has 7 heteroatoms. The van der Waals surface area contributed by atoms with Gasteiger partial charge in [0.1, 0.15) is 0 Å². The van der Waals surface area contributed by atoms with Gasteiger partial charge in [0.15, 0.2) is 0 Å². The van der Waals surface area contributed by atoms with Gasteiger partial charge in [-0.1, -0.05) is 0 Å². The monoisotopic (exact) mass is 142 g/mol. The van der Waals surface area contributed by atoms with Crippen LogP contribution in [0, 0.1) is 15.3 Å². The topological polar surface area (TPSA) is 96.2 Å². The molecule has 0 spiro atoms. The minimum absolute atomic E-state index is 0. The van der Waals surface area contributed by atoms with Gasteiger partial charge in [-0.15, -0.1) is 0 Å². The molecule has 5 nitrogen and oxygen atoms in total. The molecule has 0 unspecified atom stereocenters. The zero-order chi connectivity index (χ0) is 3.58. The van der Waals surface area contributed by atoms with Crippen molar-refractivity contribution in [1.82, 2.24) is 0 Å². The first-order valence-corrected chi connectivity index (χ1v) is 0.548. The summed E-state index contributed by atoms with van der Waals surface area (Å²) in [4.78, 5) is 8.25. The standard InChI is InChI=1S/Ca.NO3.Na.H2O/c;2-1(3)4;;/h;;;1H2/q+2;-1;+1;/p-1. The summed E-state index contributed by atoms with van der Waals surface area (Å²) in [6.07, 6.45) is 0. The minimum Gasteiger partial charge on any atom is -0.870 e. The summed E-state index contributed by atoms with van der Waals surface area (Å²) in [5.74, 6) is 0. The third-order valence-electron chi connectivity index (χ3n) is 0. The molecule has 0 fully saturated rings. The van der Waals surface area contributed by atoms with Crippen LogP contribution in [0.5, 0.6) is 0 Å². The van der Waals surface area contributed by atoms with E-state index >= 15 is 0 Å². The van der Waals surface area contributed by atoms with Gasteiger partial charge < -0.3 is 20.8 Å². The average molecular weight is 142 g/mol. The van der Waals surface area contributed by atoms with E-state index < -0.39 is 5.09 Å². The second-order valence-electron chi connectivity index (χ2n) is 0.224. The van der Waals surface area contributed by atoms with Crippen molar-refractivity contribution in [3.63, 3.8) is 0 Å². The number of hydrogen-bond donors (Lipinski definition) is 0. The van der Waals surface area contributed by atoms with Gasteiger partial charge in [-0.3, -0.25) is 0 Å². The fraction of sp³-hybridized carbons (Fsp3) is 0. The number of nitrogens with zero attached hydrogens (tertiary/aromatic N) is 1. The predicted molar refractivity (Wildman–Crippen MR) is 18.1 cm³/mol. The van der Waals surface area contributed by atoms with E-state index in [1.165, 1.54) is 0 Å². The Labute approximate surface area is 91.8 Å². The molecule has 0 aliphatic heterocycles. The minimum atomic E-state index is -1.75. The van der Waals surface area contributed by atoms with E-state index in [-0.39, 0.29) is 72.8 Å². The zero-order valence-electron chi connectivity index (χ0n) is 3.83. The van der Waals surface area contributed by atoms with Gasteiger partial charge >= 0.3 is 67.3 Å². The number of rotatable bonds is 0. The Bertz CT molecular complexity index is 34.7.